The summed E-state index contributed by atoms with van der Waals surface area (Å²) in [7, 11) is 0. The van der Waals surface area contributed by atoms with Crippen LogP contribution in [0.3, 0.4) is 0 Å². The van der Waals surface area contributed by atoms with Gasteiger partial charge in [-0.2, -0.15) is 0 Å². The number of hydrogen-bond acceptors (Lipinski definition) is 3. The predicted octanol–water partition coefficient (Wildman–Crippen LogP) is 1.70. The van der Waals surface area contributed by atoms with Crippen molar-refractivity contribution in [1.82, 2.24) is 0 Å². The molecule has 0 aromatic heterocycles. The van der Waals surface area contributed by atoms with Crippen molar-refractivity contribution < 1.29 is 9.53 Å². The summed E-state index contributed by atoms with van der Waals surface area (Å²) in [5, 5.41) is 0. The number of carbonyl (C=O) groups excluding carboxylic acids is 1. The zero-order valence-corrected chi connectivity index (χ0v) is 9.04. The van der Waals surface area contributed by atoms with Crippen LogP contribution in [0.5, 0.6) is 0 Å². The van der Waals surface area contributed by atoms with Crippen molar-refractivity contribution in [3.63, 3.8) is 0 Å². The van der Waals surface area contributed by atoms with Gasteiger partial charge in [-0.15, -0.1) is 0 Å². The molecule has 0 radical (unpaired) electrons. The van der Waals surface area contributed by atoms with Crippen LogP contribution in [0, 0.1) is 5.92 Å². The molecule has 0 aromatic rings. The van der Waals surface area contributed by atoms with Crippen LogP contribution in [0.2, 0.25) is 0 Å². The van der Waals surface area contributed by atoms with Crippen LogP contribution in [0.1, 0.15) is 40.5 Å². The summed E-state index contributed by atoms with van der Waals surface area (Å²) in [6.07, 6.45) is 1.50. The minimum absolute atomic E-state index is 0.0231. The Kier molecular flexibility index (Phi) is 5.71. The molecule has 0 aliphatic rings. The first-order valence-electron chi connectivity index (χ1n) is 4.93. The molecule has 3 nitrogen and oxygen atoms in total. The maximum Gasteiger partial charge on any atom is 0.323 e. The van der Waals surface area contributed by atoms with E-state index >= 15 is 0 Å². The summed E-state index contributed by atoms with van der Waals surface area (Å²) in [6.45, 7) is 7.98. The van der Waals surface area contributed by atoms with Crippen LogP contribution in [-0.4, -0.2) is 18.1 Å². The molecule has 0 aliphatic heterocycles. The molecule has 0 aromatic carbocycles. The second-order valence-corrected chi connectivity index (χ2v) is 3.89. The van der Waals surface area contributed by atoms with Gasteiger partial charge >= 0.3 is 5.97 Å². The second kappa shape index (κ2) is 5.97. The van der Waals surface area contributed by atoms with E-state index in [4.69, 9.17) is 10.5 Å². The quantitative estimate of drug-likeness (QED) is 0.666. The van der Waals surface area contributed by atoms with Crippen molar-refractivity contribution in [3.8, 4) is 0 Å². The Hall–Kier alpha value is -0.570. The fraction of sp³-hybridized carbons (Fsp3) is 0.900. The average Bonchev–Trinajstić information content (AvgIpc) is 2.01. The highest BCUT2D eigenvalue weighted by Gasteiger charge is 2.16. The number of ether oxygens (including phenoxy) is 1. The van der Waals surface area contributed by atoms with Crippen LogP contribution < -0.4 is 5.73 Å². The molecule has 0 fully saturated rings. The highest BCUT2D eigenvalue weighted by Crippen LogP contribution is 2.08. The molecular formula is C10H21NO2. The van der Waals surface area contributed by atoms with Crippen molar-refractivity contribution in [2.24, 2.45) is 11.7 Å². The normalized spacial score (nSPS) is 15.5. The monoisotopic (exact) mass is 187 g/mol. The standard InChI is InChI=1S/C10H21NO2/c1-5-9(11)10(12)13-8(4)6-7(2)3/h7-9H,5-6,11H2,1-4H3/t8?,9-/m1/s1. The third-order valence-electron chi connectivity index (χ3n) is 1.86. The number of hydrogen-bond donors (Lipinski definition) is 1. The van der Waals surface area contributed by atoms with E-state index in [1.807, 2.05) is 13.8 Å². The van der Waals surface area contributed by atoms with E-state index in [0.29, 0.717) is 12.3 Å². The lowest BCUT2D eigenvalue weighted by Gasteiger charge is -2.17. The number of rotatable bonds is 5. The van der Waals surface area contributed by atoms with E-state index in [9.17, 15) is 4.79 Å². The van der Waals surface area contributed by atoms with Gasteiger partial charge in [0, 0.05) is 0 Å². The van der Waals surface area contributed by atoms with Gasteiger partial charge in [0.2, 0.25) is 0 Å². The summed E-state index contributed by atoms with van der Waals surface area (Å²) in [4.78, 5) is 11.2. The van der Waals surface area contributed by atoms with Gasteiger partial charge in [-0.1, -0.05) is 20.8 Å². The fourth-order valence-corrected chi connectivity index (χ4v) is 1.16. The summed E-state index contributed by atoms with van der Waals surface area (Å²) in [5.41, 5.74) is 5.52. The third-order valence-corrected chi connectivity index (χ3v) is 1.86. The third kappa shape index (κ3) is 5.64. The van der Waals surface area contributed by atoms with Gasteiger partial charge < -0.3 is 10.5 Å². The Morgan fingerprint density at radius 1 is 1.38 bits per heavy atom. The molecule has 0 spiro atoms. The van der Waals surface area contributed by atoms with E-state index < -0.39 is 6.04 Å². The van der Waals surface area contributed by atoms with Crippen LogP contribution in [-0.2, 0) is 9.53 Å². The lowest BCUT2D eigenvalue weighted by Crippen LogP contribution is -2.33. The summed E-state index contributed by atoms with van der Waals surface area (Å²) in [5.74, 6) is 0.260. The minimum atomic E-state index is -0.463. The van der Waals surface area contributed by atoms with E-state index in [-0.39, 0.29) is 12.1 Å². The van der Waals surface area contributed by atoms with Gasteiger partial charge in [0.05, 0.1) is 6.10 Å². The molecule has 0 heterocycles. The number of nitrogens with two attached hydrogens (primary N) is 1. The molecule has 0 saturated heterocycles. The number of esters is 1. The Labute approximate surface area is 80.6 Å². The molecule has 0 rings (SSSR count). The average molecular weight is 187 g/mol. The van der Waals surface area contributed by atoms with E-state index in [1.54, 1.807) is 0 Å². The van der Waals surface area contributed by atoms with Gasteiger partial charge in [-0.25, -0.2) is 0 Å². The molecule has 1 unspecified atom stereocenters. The maximum absolute atomic E-state index is 11.2. The highest BCUT2D eigenvalue weighted by molar-refractivity contribution is 5.75. The van der Waals surface area contributed by atoms with Crippen molar-refractivity contribution in [2.75, 3.05) is 0 Å². The second-order valence-electron chi connectivity index (χ2n) is 3.89. The van der Waals surface area contributed by atoms with Crippen molar-refractivity contribution >= 4 is 5.97 Å². The summed E-state index contributed by atoms with van der Waals surface area (Å²) >= 11 is 0. The van der Waals surface area contributed by atoms with Crippen molar-refractivity contribution in [3.05, 3.63) is 0 Å². The Morgan fingerprint density at radius 3 is 2.31 bits per heavy atom. The van der Waals surface area contributed by atoms with Gasteiger partial charge in [0.25, 0.3) is 0 Å². The molecule has 0 bridgehead atoms. The first-order valence-corrected chi connectivity index (χ1v) is 4.93. The summed E-state index contributed by atoms with van der Waals surface area (Å²) < 4.78 is 5.15. The largest absolute Gasteiger partial charge is 0.462 e. The lowest BCUT2D eigenvalue weighted by atomic mass is 10.1. The van der Waals surface area contributed by atoms with Crippen molar-refractivity contribution in [1.29, 1.82) is 0 Å². The Balaban J connectivity index is 3.77. The van der Waals surface area contributed by atoms with Crippen LogP contribution >= 0.6 is 0 Å². The van der Waals surface area contributed by atoms with Crippen LogP contribution in [0.15, 0.2) is 0 Å². The molecule has 78 valence electrons. The Morgan fingerprint density at radius 2 is 1.92 bits per heavy atom. The van der Waals surface area contributed by atoms with Gasteiger partial charge in [0.1, 0.15) is 6.04 Å². The molecule has 0 saturated carbocycles. The maximum atomic E-state index is 11.2. The molecule has 3 heteroatoms. The minimum Gasteiger partial charge on any atom is -0.462 e. The van der Waals surface area contributed by atoms with Crippen molar-refractivity contribution in [2.45, 2.75) is 52.7 Å². The van der Waals surface area contributed by atoms with Gasteiger partial charge in [-0.3, -0.25) is 4.79 Å². The van der Waals surface area contributed by atoms with Crippen LogP contribution in [0.25, 0.3) is 0 Å². The first-order chi connectivity index (χ1) is 5.97. The molecular weight excluding hydrogens is 166 g/mol. The molecule has 2 N–H and O–H groups in total. The fourth-order valence-electron chi connectivity index (χ4n) is 1.16. The Bertz CT molecular complexity index is 157. The topological polar surface area (TPSA) is 52.3 Å². The SMILES string of the molecule is CC[C@@H](N)C(=O)OC(C)CC(C)C. The first kappa shape index (κ1) is 12.4. The highest BCUT2D eigenvalue weighted by atomic mass is 16.5. The van der Waals surface area contributed by atoms with E-state index in [0.717, 1.165) is 6.42 Å². The lowest BCUT2D eigenvalue weighted by molar-refractivity contribution is -0.150. The number of carbonyl (C=O) groups is 1. The molecule has 0 aliphatic carbocycles. The zero-order chi connectivity index (χ0) is 10.4. The molecule has 13 heavy (non-hydrogen) atoms. The van der Waals surface area contributed by atoms with Gasteiger partial charge in [-0.05, 0) is 25.7 Å². The van der Waals surface area contributed by atoms with E-state index in [1.165, 1.54) is 0 Å². The summed E-state index contributed by atoms with van der Waals surface area (Å²) in [6, 6.07) is -0.463. The van der Waals surface area contributed by atoms with E-state index in [2.05, 4.69) is 13.8 Å². The smallest absolute Gasteiger partial charge is 0.323 e. The molecule has 0 amide bonds. The van der Waals surface area contributed by atoms with Gasteiger partial charge in [0.15, 0.2) is 0 Å². The zero-order valence-electron chi connectivity index (χ0n) is 9.04. The van der Waals surface area contributed by atoms with Crippen LogP contribution in [0.4, 0.5) is 0 Å². The molecule has 2 atom stereocenters. The predicted molar refractivity (Wildman–Crippen MR) is 53.3 cm³/mol.